The quantitative estimate of drug-likeness (QED) is 0.875. The Morgan fingerprint density at radius 1 is 1.30 bits per heavy atom. The lowest BCUT2D eigenvalue weighted by Crippen LogP contribution is -2.30. The number of aryl methyl sites for hydroxylation is 1. The van der Waals surface area contributed by atoms with Gasteiger partial charge >= 0.3 is 5.97 Å². The van der Waals surface area contributed by atoms with E-state index in [1.54, 1.807) is 7.05 Å². The number of carboxylic acids is 1. The third kappa shape index (κ3) is 2.99. The first-order valence-corrected chi connectivity index (χ1v) is 6.51. The van der Waals surface area contributed by atoms with Crippen LogP contribution >= 0.6 is 0 Å². The van der Waals surface area contributed by atoms with Crippen LogP contribution in [0.4, 0.5) is 0 Å². The maximum atomic E-state index is 12.1. The number of likely N-dealkylation sites (N-methyl/N-ethyl adjacent to an activating group) is 1. The van der Waals surface area contributed by atoms with Crippen LogP contribution < -0.4 is 0 Å². The third-order valence-electron chi connectivity index (χ3n) is 3.44. The lowest BCUT2D eigenvalue weighted by molar-refractivity contribution is -0.138. The largest absolute Gasteiger partial charge is 0.481 e. The second kappa shape index (κ2) is 5.77. The Morgan fingerprint density at radius 3 is 2.70 bits per heavy atom. The molecule has 0 aliphatic rings. The predicted molar refractivity (Wildman–Crippen MR) is 76.6 cm³/mol. The summed E-state index contributed by atoms with van der Waals surface area (Å²) in [5.41, 5.74) is 2.97. The van der Waals surface area contributed by atoms with Gasteiger partial charge in [-0.1, -0.05) is 18.2 Å². The maximum absolute atomic E-state index is 12.1. The molecule has 0 aliphatic carbocycles. The number of H-pyrrole nitrogens is 1. The van der Waals surface area contributed by atoms with Crippen LogP contribution in [-0.4, -0.2) is 40.5 Å². The smallest absolute Gasteiger partial charge is 0.305 e. The average molecular weight is 274 g/mol. The number of nitrogens with zero attached hydrogens (tertiary/aromatic N) is 1. The Hall–Kier alpha value is -2.30. The number of para-hydroxylation sites is 1. The minimum Gasteiger partial charge on any atom is -0.481 e. The maximum Gasteiger partial charge on any atom is 0.305 e. The summed E-state index contributed by atoms with van der Waals surface area (Å²) in [6, 6.07) is 7.85. The monoisotopic (exact) mass is 274 g/mol. The number of amides is 1. The van der Waals surface area contributed by atoms with Gasteiger partial charge in [0.2, 0.25) is 5.91 Å². The van der Waals surface area contributed by atoms with Gasteiger partial charge in [-0.05, 0) is 18.6 Å². The Morgan fingerprint density at radius 2 is 2.00 bits per heavy atom. The minimum absolute atomic E-state index is 0.0326. The average Bonchev–Trinajstić information content (AvgIpc) is 2.72. The molecular weight excluding hydrogens is 256 g/mol. The van der Waals surface area contributed by atoms with Crippen LogP contribution in [0.5, 0.6) is 0 Å². The SMILES string of the molecule is Cc1[nH]c2ccccc2c1CC(=O)N(C)CCC(=O)O. The number of fused-ring (bicyclic) bond motifs is 1. The van der Waals surface area contributed by atoms with E-state index in [-0.39, 0.29) is 25.3 Å². The van der Waals surface area contributed by atoms with E-state index < -0.39 is 5.97 Å². The number of nitrogens with one attached hydrogen (secondary N) is 1. The summed E-state index contributed by atoms with van der Waals surface area (Å²) >= 11 is 0. The predicted octanol–water partition coefficient (Wildman–Crippen LogP) is 1.95. The van der Waals surface area contributed by atoms with E-state index in [0.29, 0.717) is 0 Å². The summed E-state index contributed by atoms with van der Waals surface area (Å²) in [6.07, 6.45) is 0.251. The molecule has 1 aromatic carbocycles. The molecule has 0 fully saturated rings. The third-order valence-corrected chi connectivity index (χ3v) is 3.44. The highest BCUT2D eigenvalue weighted by Crippen LogP contribution is 2.22. The molecule has 1 amide bonds. The molecule has 1 aromatic heterocycles. The number of carbonyl (C=O) groups is 2. The number of aliphatic carboxylic acids is 1. The highest BCUT2D eigenvalue weighted by Gasteiger charge is 2.15. The molecule has 106 valence electrons. The number of rotatable bonds is 5. The minimum atomic E-state index is -0.895. The number of carbonyl (C=O) groups excluding carboxylic acids is 1. The lowest BCUT2D eigenvalue weighted by atomic mass is 10.1. The molecule has 0 saturated heterocycles. The van der Waals surface area contributed by atoms with Crippen LogP contribution in [0.3, 0.4) is 0 Å². The molecule has 0 bridgehead atoms. The lowest BCUT2D eigenvalue weighted by Gasteiger charge is -2.16. The van der Waals surface area contributed by atoms with Gasteiger partial charge < -0.3 is 15.0 Å². The van der Waals surface area contributed by atoms with Crippen molar-refractivity contribution in [2.75, 3.05) is 13.6 Å². The fourth-order valence-corrected chi connectivity index (χ4v) is 2.24. The number of hydrogen-bond acceptors (Lipinski definition) is 2. The van der Waals surface area contributed by atoms with Gasteiger partial charge in [-0.3, -0.25) is 9.59 Å². The highest BCUT2D eigenvalue weighted by atomic mass is 16.4. The fraction of sp³-hybridized carbons (Fsp3) is 0.333. The number of aromatic nitrogens is 1. The molecule has 2 N–H and O–H groups in total. The second-order valence-corrected chi connectivity index (χ2v) is 4.91. The van der Waals surface area contributed by atoms with Gasteiger partial charge in [0.15, 0.2) is 0 Å². The summed E-state index contributed by atoms with van der Waals surface area (Å²) < 4.78 is 0. The van der Waals surface area contributed by atoms with E-state index in [1.807, 2.05) is 31.2 Å². The van der Waals surface area contributed by atoms with Crippen molar-refractivity contribution in [1.29, 1.82) is 0 Å². The van der Waals surface area contributed by atoms with Crippen LogP contribution in [0.1, 0.15) is 17.7 Å². The van der Waals surface area contributed by atoms with Gasteiger partial charge in [0.1, 0.15) is 0 Å². The highest BCUT2D eigenvalue weighted by molar-refractivity contribution is 5.90. The second-order valence-electron chi connectivity index (χ2n) is 4.91. The van der Waals surface area contributed by atoms with Crippen molar-refractivity contribution in [3.8, 4) is 0 Å². The molecule has 5 nitrogen and oxygen atoms in total. The number of aromatic amines is 1. The molecule has 1 heterocycles. The van der Waals surface area contributed by atoms with Gasteiger partial charge in [0, 0.05) is 30.2 Å². The van der Waals surface area contributed by atoms with Crippen molar-refractivity contribution in [2.45, 2.75) is 19.8 Å². The van der Waals surface area contributed by atoms with E-state index in [4.69, 9.17) is 5.11 Å². The molecule has 0 radical (unpaired) electrons. The molecule has 0 aliphatic heterocycles. The molecule has 2 aromatic rings. The summed E-state index contributed by atoms with van der Waals surface area (Å²) in [4.78, 5) is 27.4. The number of hydrogen-bond donors (Lipinski definition) is 2. The van der Waals surface area contributed by atoms with Crippen LogP contribution in [0.2, 0.25) is 0 Å². The standard InChI is InChI=1S/C15H18N2O3/c1-10-12(11-5-3-4-6-13(11)16-10)9-14(18)17(2)8-7-15(19)20/h3-6,16H,7-9H2,1-2H3,(H,19,20). The van der Waals surface area contributed by atoms with Crippen LogP contribution in [-0.2, 0) is 16.0 Å². The Labute approximate surface area is 117 Å². The fourth-order valence-electron chi connectivity index (χ4n) is 2.24. The number of benzene rings is 1. The summed E-state index contributed by atoms with van der Waals surface area (Å²) in [5, 5.41) is 9.69. The van der Waals surface area contributed by atoms with E-state index in [0.717, 1.165) is 22.2 Å². The van der Waals surface area contributed by atoms with Crippen LogP contribution in [0.15, 0.2) is 24.3 Å². The van der Waals surface area contributed by atoms with Crippen molar-refractivity contribution < 1.29 is 14.7 Å². The van der Waals surface area contributed by atoms with E-state index in [9.17, 15) is 9.59 Å². The van der Waals surface area contributed by atoms with Crippen molar-refractivity contribution in [2.24, 2.45) is 0 Å². The molecule has 0 atom stereocenters. The molecule has 5 heteroatoms. The molecule has 2 rings (SSSR count). The zero-order valence-electron chi connectivity index (χ0n) is 11.6. The first kappa shape index (κ1) is 14.1. The number of carboxylic acid groups (broad SMARTS) is 1. The Kier molecular flexibility index (Phi) is 4.08. The summed E-state index contributed by atoms with van der Waals surface area (Å²) in [7, 11) is 1.63. The van der Waals surface area contributed by atoms with Crippen molar-refractivity contribution in [1.82, 2.24) is 9.88 Å². The zero-order valence-corrected chi connectivity index (χ0v) is 11.6. The van der Waals surface area contributed by atoms with Crippen LogP contribution in [0.25, 0.3) is 10.9 Å². The summed E-state index contributed by atoms with van der Waals surface area (Å²) in [5.74, 6) is -0.966. The Bertz CT molecular complexity index is 646. The molecule has 0 spiro atoms. The van der Waals surface area contributed by atoms with Gasteiger partial charge in [0.25, 0.3) is 0 Å². The van der Waals surface area contributed by atoms with Crippen molar-refractivity contribution >= 4 is 22.8 Å². The molecule has 0 saturated carbocycles. The normalized spacial score (nSPS) is 10.7. The van der Waals surface area contributed by atoms with E-state index >= 15 is 0 Å². The Balaban J connectivity index is 2.13. The molecule has 20 heavy (non-hydrogen) atoms. The zero-order chi connectivity index (χ0) is 14.7. The first-order valence-electron chi connectivity index (χ1n) is 6.51. The van der Waals surface area contributed by atoms with Gasteiger partial charge in [-0.15, -0.1) is 0 Å². The summed E-state index contributed by atoms with van der Waals surface area (Å²) in [6.45, 7) is 2.18. The van der Waals surface area contributed by atoms with E-state index in [1.165, 1.54) is 4.90 Å². The van der Waals surface area contributed by atoms with Crippen molar-refractivity contribution in [3.05, 3.63) is 35.5 Å². The van der Waals surface area contributed by atoms with Gasteiger partial charge in [-0.25, -0.2) is 0 Å². The van der Waals surface area contributed by atoms with Crippen LogP contribution in [0, 0.1) is 6.92 Å². The van der Waals surface area contributed by atoms with E-state index in [2.05, 4.69) is 4.98 Å². The first-order chi connectivity index (χ1) is 9.49. The van der Waals surface area contributed by atoms with Crippen molar-refractivity contribution in [3.63, 3.8) is 0 Å². The molecule has 0 unspecified atom stereocenters. The topological polar surface area (TPSA) is 73.4 Å². The van der Waals surface area contributed by atoms with Gasteiger partial charge in [-0.2, -0.15) is 0 Å². The molecular formula is C15H18N2O3. The van der Waals surface area contributed by atoms with Gasteiger partial charge in [0.05, 0.1) is 12.8 Å².